The van der Waals surface area contributed by atoms with Crippen molar-refractivity contribution in [3.63, 3.8) is 0 Å². The van der Waals surface area contributed by atoms with E-state index in [0.29, 0.717) is 11.2 Å². The summed E-state index contributed by atoms with van der Waals surface area (Å²) in [7, 11) is 4.25. The smallest absolute Gasteiger partial charge is 0.137 e. The van der Waals surface area contributed by atoms with E-state index in [1.54, 1.807) is 0 Å². The first-order valence-electron chi connectivity index (χ1n) is 7.47. The SMILES string of the molecule is CCCc1nc(Cl)c(C)c(N2CCCC2CN(C)C)n1. The largest absolute Gasteiger partial charge is 0.352 e. The van der Waals surface area contributed by atoms with Crippen molar-refractivity contribution in [2.24, 2.45) is 0 Å². The fourth-order valence-corrected chi connectivity index (χ4v) is 3.04. The summed E-state index contributed by atoms with van der Waals surface area (Å²) in [6.45, 7) is 6.29. The monoisotopic (exact) mass is 296 g/mol. The molecule has 112 valence electrons. The lowest BCUT2D eigenvalue weighted by Gasteiger charge is -2.29. The molecular formula is C15H25ClN4. The van der Waals surface area contributed by atoms with Gasteiger partial charge in [-0.1, -0.05) is 18.5 Å². The van der Waals surface area contributed by atoms with Crippen LogP contribution in [-0.2, 0) is 6.42 Å². The zero-order valence-corrected chi connectivity index (χ0v) is 13.7. The minimum absolute atomic E-state index is 0.532. The van der Waals surface area contributed by atoms with Crippen LogP contribution in [0.1, 0.15) is 37.6 Å². The molecule has 1 aliphatic heterocycles. The van der Waals surface area contributed by atoms with Gasteiger partial charge in [-0.05, 0) is 40.3 Å². The zero-order chi connectivity index (χ0) is 14.7. The van der Waals surface area contributed by atoms with Crippen LogP contribution < -0.4 is 4.90 Å². The summed E-state index contributed by atoms with van der Waals surface area (Å²) in [5.74, 6) is 1.91. The van der Waals surface area contributed by atoms with Crippen molar-refractivity contribution in [2.75, 3.05) is 32.1 Å². The van der Waals surface area contributed by atoms with Gasteiger partial charge in [-0.3, -0.25) is 0 Å². The predicted molar refractivity (Wildman–Crippen MR) is 84.7 cm³/mol. The Bertz CT molecular complexity index is 461. The molecule has 0 saturated carbocycles. The van der Waals surface area contributed by atoms with Gasteiger partial charge in [0.25, 0.3) is 0 Å². The highest BCUT2D eigenvalue weighted by Crippen LogP contribution is 2.30. The molecule has 2 heterocycles. The van der Waals surface area contributed by atoms with Gasteiger partial charge in [0.1, 0.15) is 16.8 Å². The van der Waals surface area contributed by atoms with Crippen LogP contribution in [0.4, 0.5) is 5.82 Å². The van der Waals surface area contributed by atoms with E-state index in [1.807, 2.05) is 6.92 Å². The van der Waals surface area contributed by atoms with Crippen LogP contribution in [0.3, 0.4) is 0 Å². The van der Waals surface area contributed by atoms with E-state index in [9.17, 15) is 0 Å². The molecule has 4 nitrogen and oxygen atoms in total. The molecule has 1 aromatic heterocycles. The Balaban J connectivity index is 2.30. The normalized spacial score (nSPS) is 19.1. The fourth-order valence-electron chi connectivity index (χ4n) is 2.86. The zero-order valence-electron chi connectivity index (χ0n) is 13.0. The molecule has 1 fully saturated rings. The predicted octanol–water partition coefficient (Wildman–Crippen LogP) is 2.92. The summed E-state index contributed by atoms with van der Waals surface area (Å²) in [5.41, 5.74) is 1.01. The highest BCUT2D eigenvalue weighted by molar-refractivity contribution is 6.30. The van der Waals surface area contributed by atoms with E-state index >= 15 is 0 Å². The lowest BCUT2D eigenvalue weighted by atomic mass is 10.2. The molecule has 2 rings (SSSR count). The first-order valence-corrected chi connectivity index (χ1v) is 7.85. The molecule has 5 heteroatoms. The van der Waals surface area contributed by atoms with Crippen LogP contribution in [0.25, 0.3) is 0 Å². The molecule has 1 saturated heterocycles. The van der Waals surface area contributed by atoms with E-state index < -0.39 is 0 Å². The number of likely N-dealkylation sites (N-methyl/N-ethyl adjacent to an activating group) is 1. The van der Waals surface area contributed by atoms with E-state index in [-0.39, 0.29) is 0 Å². The third-order valence-corrected chi connectivity index (χ3v) is 4.17. The average Bonchev–Trinajstić information content (AvgIpc) is 2.81. The van der Waals surface area contributed by atoms with Crippen LogP contribution >= 0.6 is 11.6 Å². The van der Waals surface area contributed by atoms with Crippen LogP contribution in [-0.4, -0.2) is 48.1 Å². The van der Waals surface area contributed by atoms with Crippen LogP contribution in [0.2, 0.25) is 5.15 Å². The molecule has 0 spiro atoms. The second-order valence-corrected chi connectivity index (χ2v) is 6.24. The molecule has 0 amide bonds. The number of halogens is 1. The molecule has 0 bridgehead atoms. The summed E-state index contributed by atoms with van der Waals surface area (Å²) in [6.07, 6.45) is 4.38. The van der Waals surface area contributed by atoms with Crippen molar-refractivity contribution in [3.8, 4) is 0 Å². The molecule has 1 aliphatic rings. The molecule has 0 N–H and O–H groups in total. The van der Waals surface area contributed by atoms with Gasteiger partial charge in [-0.2, -0.15) is 0 Å². The number of hydrogen-bond acceptors (Lipinski definition) is 4. The third kappa shape index (κ3) is 3.41. The molecular weight excluding hydrogens is 272 g/mol. The van der Waals surface area contributed by atoms with Crippen molar-refractivity contribution in [2.45, 2.75) is 45.6 Å². The number of hydrogen-bond donors (Lipinski definition) is 0. The summed E-state index contributed by atoms with van der Waals surface area (Å²) < 4.78 is 0. The number of aromatic nitrogens is 2. The standard InChI is InChI=1S/C15H25ClN4/c1-5-7-13-17-14(16)11(2)15(18-13)20-9-6-8-12(20)10-19(3)4/h12H,5-10H2,1-4H3. The minimum Gasteiger partial charge on any atom is -0.352 e. The molecule has 1 aromatic rings. The van der Waals surface area contributed by atoms with Gasteiger partial charge >= 0.3 is 0 Å². The lowest BCUT2D eigenvalue weighted by molar-refractivity contribution is 0.371. The second-order valence-electron chi connectivity index (χ2n) is 5.88. The Labute approximate surface area is 127 Å². The van der Waals surface area contributed by atoms with E-state index in [1.165, 1.54) is 12.8 Å². The molecule has 1 atom stereocenters. The van der Waals surface area contributed by atoms with Gasteiger partial charge in [0.2, 0.25) is 0 Å². The number of rotatable bonds is 5. The molecule has 0 radical (unpaired) electrons. The maximum absolute atomic E-state index is 6.30. The maximum atomic E-state index is 6.30. The molecule has 20 heavy (non-hydrogen) atoms. The van der Waals surface area contributed by atoms with Crippen molar-refractivity contribution in [1.29, 1.82) is 0 Å². The van der Waals surface area contributed by atoms with E-state index in [0.717, 1.165) is 43.1 Å². The Morgan fingerprint density at radius 3 is 2.75 bits per heavy atom. The molecule has 1 unspecified atom stereocenters. The van der Waals surface area contributed by atoms with Gasteiger partial charge in [0.15, 0.2) is 0 Å². The maximum Gasteiger partial charge on any atom is 0.137 e. The van der Waals surface area contributed by atoms with E-state index in [2.05, 4.69) is 35.8 Å². The Morgan fingerprint density at radius 2 is 2.10 bits per heavy atom. The van der Waals surface area contributed by atoms with Crippen molar-refractivity contribution in [3.05, 3.63) is 16.5 Å². The summed E-state index contributed by atoms with van der Waals surface area (Å²) in [6, 6.07) is 0.532. The Morgan fingerprint density at radius 1 is 1.35 bits per heavy atom. The Hall–Kier alpha value is -0.870. The lowest BCUT2D eigenvalue weighted by Crippen LogP contribution is -2.38. The van der Waals surface area contributed by atoms with Crippen molar-refractivity contribution < 1.29 is 0 Å². The van der Waals surface area contributed by atoms with Crippen LogP contribution in [0, 0.1) is 6.92 Å². The molecule has 0 aliphatic carbocycles. The quantitative estimate of drug-likeness (QED) is 0.782. The third-order valence-electron chi connectivity index (χ3n) is 3.81. The van der Waals surface area contributed by atoms with Crippen LogP contribution in [0.5, 0.6) is 0 Å². The van der Waals surface area contributed by atoms with Gasteiger partial charge in [-0.15, -0.1) is 0 Å². The minimum atomic E-state index is 0.532. The van der Waals surface area contributed by atoms with Crippen molar-refractivity contribution in [1.82, 2.24) is 14.9 Å². The summed E-state index contributed by atoms with van der Waals surface area (Å²) >= 11 is 6.30. The number of anilines is 1. The number of nitrogens with zero attached hydrogens (tertiary/aromatic N) is 4. The fraction of sp³-hybridized carbons (Fsp3) is 0.733. The topological polar surface area (TPSA) is 32.3 Å². The van der Waals surface area contributed by atoms with E-state index in [4.69, 9.17) is 16.6 Å². The van der Waals surface area contributed by atoms with Gasteiger partial charge < -0.3 is 9.80 Å². The van der Waals surface area contributed by atoms with Crippen molar-refractivity contribution >= 4 is 17.4 Å². The Kier molecular flexibility index (Phi) is 5.22. The number of aryl methyl sites for hydroxylation is 1. The molecule has 0 aromatic carbocycles. The summed E-state index contributed by atoms with van der Waals surface area (Å²) in [4.78, 5) is 13.8. The summed E-state index contributed by atoms with van der Waals surface area (Å²) in [5, 5.41) is 0.606. The van der Waals surface area contributed by atoms with Crippen LogP contribution in [0.15, 0.2) is 0 Å². The van der Waals surface area contributed by atoms with Gasteiger partial charge in [0.05, 0.1) is 0 Å². The van der Waals surface area contributed by atoms with Gasteiger partial charge in [-0.25, -0.2) is 9.97 Å². The second kappa shape index (κ2) is 6.72. The first kappa shape index (κ1) is 15.5. The highest BCUT2D eigenvalue weighted by atomic mass is 35.5. The van der Waals surface area contributed by atoms with Gasteiger partial charge in [0, 0.05) is 31.1 Å². The average molecular weight is 297 g/mol. The first-order chi connectivity index (χ1) is 9.52. The highest BCUT2D eigenvalue weighted by Gasteiger charge is 2.28.